The number of nitrogens with zero attached hydrogens (tertiary/aromatic N) is 2. The molecule has 0 saturated carbocycles. The molecule has 0 aliphatic heterocycles. The lowest BCUT2D eigenvalue weighted by Gasteiger charge is -2.14. The van der Waals surface area contributed by atoms with E-state index in [1.165, 1.54) is 13.2 Å². The Morgan fingerprint density at radius 2 is 2.24 bits per heavy atom. The maximum Gasteiger partial charge on any atom is 0.311 e. The third kappa shape index (κ3) is 3.76. The van der Waals surface area contributed by atoms with Crippen LogP contribution in [-0.4, -0.2) is 17.0 Å². The summed E-state index contributed by atoms with van der Waals surface area (Å²) in [6.07, 6.45) is 3.52. The van der Waals surface area contributed by atoms with E-state index in [0.717, 1.165) is 11.1 Å². The minimum Gasteiger partial charge on any atom is -0.490 e. The van der Waals surface area contributed by atoms with E-state index in [2.05, 4.69) is 10.3 Å². The zero-order valence-corrected chi connectivity index (χ0v) is 11.9. The van der Waals surface area contributed by atoms with Crippen molar-refractivity contribution < 1.29 is 9.66 Å². The molecule has 1 heterocycles. The molecule has 0 spiro atoms. The van der Waals surface area contributed by atoms with Gasteiger partial charge in [-0.05, 0) is 30.2 Å². The molecule has 1 aromatic heterocycles. The quantitative estimate of drug-likeness (QED) is 0.653. The number of methoxy groups -OCH3 is 1. The zero-order valence-electron chi connectivity index (χ0n) is 11.9. The zero-order chi connectivity index (χ0) is 15.2. The van der Waals surface area contributed by atoms with Gasteiger partial charge in [-0.1, -0.05) is 12.1 Å². The minimum atomic E-state index is -0.438. The van der Waals surface area contributed by atoms with E-state index >= 15 is 0 Å². The third-order valence-corrected chi connectivity index (χ3v) is 3.24. The van der Waals surface area contributed by atoms with Gasteiger partial charge in [-0.3, -0.25) is 15.1 Å². The highest BCUT2D eigenvalue weighted by Crippen LogP contribution is 2.27. The molecule has 0 amide bonds. The summed E-state index contributed by atoms with van der Waals surface area (Å²) in [5, 5.41) is 14.3. The van der Waals surface area contributed by atoms with Crippen LogP contribution in [0.1, 0.15) is 24.1 Å². The first-order valence-electron chi connectivity index (χ1n) is 6.56. The van der Waals surface area contributed by atoms with Crippen LogP contribution in [0.5, 0.6) is 5.75 Å². The number of nitro benzene ring substituents is 1. The number of rotatable bonds is 6. The Balaban J connectivity index is 2.07. The Bertz CT molecular complexity index is 617. The smallest absolute Gasteiger partial charge is 0.311 e. The third-order valence-electron chi connectivity index (χ3n) is 3.24. The van der Waals surface area contributed by atoms with Crippen LogP contribution in [0.4, 0.5) is 5.69 Å². The molecule has 1 atom stereocenters. The summed E-state index contributed by atoms with van der Waals surface area (Å²) in [7, 11) is 1.42. The fraction of sp³-hybridized carbons (Fsp3) is 0.267. The van der Waals surface area contributed by atoms with Crippen molar-refractivity contribution in [1.82, 2.24) is 10.3 Å². The monoisotopic (exact) mass is 287 g/mol. The Morgan fingerprint density at radius 3 is 2.86 bits per heavy atom. The highest BCUT2D eigenvalue weighted by atomic mass is 16.6. The van der Waals surface area contributed by atoms with Gasteiger partial charge in [0.1, 0.15) is 0 Å². The molecule has 0 aliphatic rings. The molecule has 0 unspecified atom stereocenters. The number of hydrogen-bond donors (Lipinski definition) is 1. The lowest BCUT2D eigenvalue weighted by molar-refractivity contribution is -0.385. The van der Waals surface area contributed by atoms with E-state index in [9.17, 15) is 10.1 Å². The molecular weight excluding hydrogens is 270 g/mol. The van der Waals surface area contributed by atoms with Crippen molar-refractivity contribution >= 4 is 5.69 Å². The molecule has 1 N–H and O–H groups in total. The first-order chi connectivity index (χ1) is 10.1. The number of hydrogen-bond acceptors (Lipinski definition) is 5. The minimum absolute atomic E-state index is 0.0224. The summed E-state index contributed by atoms with van der Waals surface area (Å²) in [4.78, 5) is 14.6. The molecule has 0 radical (unpaired) electrons. The first kappa shape index (κ1) is 14.9. The van der Waals surface area contributed by atoms with Gasteiger partial charge < -0.3 is 10.1 Å². The van der Waals surface area contributed by atoms with E-state index in [1.54, 1.807) is 18.5 Å². The van der Waals surface area contributed by atoms with Crippen LogP contribution in [-0.2, 0) is 6.54 Å². The van der Waals surface area contributed by atoms with E-state index in [0.29, 0.717) is 6.54 Å². The standard InChI is InChI=1S/C15H17N3O3/c1-11(13-4-3-7-16-10-13)17-9-12-5-6-15(21-2)14(8-12)18(19)20/h3-8,10-11,17H,9H2,1-2H3/t11-/m1/s1. The predicted molar refractivity (Wildman–Crippen MR) is 79.1 cm³/mol. The van der Waals surface area contributed by atoms with Crippen LogP contribution in [0.25, 0.3) is 0 Å². The number of benzene rings is 1. The van der Waals surface area contributed by atoms with E-state index in [-0.39, 0.29) is 17.5 Å². The Morgan fingerprint density at radius 1 is 1.43 bits per heavy atom. The second kappa shape index (κ2) is 6.81. The molecule has 0 fully saturated rings. The summed E-state index contributed by atoms with van der Waals surface area (Å²) >= 11 is 0. The van der Waals surface area contributed by atoms with Crippen molar-refractivity contribution in [1.29, 1.82) is 0 Å². The van der Waals surface area contributed by atoms with Crippen LogP contribution in [0.15, 0.2) is 42.7 Å². The van der Waals surface area contributed by atoms with Crippen LogP contribution < -0.4 is 10.1 Å². The average molecular weight is 287 g/mol. The van der Waals surface area contributed by atoms with Gasteiger partial charge >= 0.3 is 5.69 Å². The second-order valence-corrected chi connectivity index (χ2v) is 4.65. The van der Waals surface area contributed by atoms with Crippen LogP contribution in [0, 0.1) is 10.1 Å². The van der Waals surface area contributed by atoms with Crippen molar-refractivity contribution in [2.75, 3.05) is 7.11 Å². The van der Waals surface area contributed by atoms with Gasteiger partial charge in [0.15, 0.2) is 5.75 Å². The molecule has 1 aromatic carbocycles. The number of nitro groups is 1. The molecule has 2 aromatic rings. The van der Waals surface area contributed by atoms with Gasteiger partial charge in [0.2, 0.25) is 0 Å². The van der Waals surface area contributed by atoms with Gasteiger partial charge in [0, 0.05) is 31.0 Å². The fourth-order valence-corrected chi connectivity index (χ4v) is 2.01. The Hall–Kier alpha value is -2.47. The lowest BCUT2D eigenvalue weighted by Crippen LogP contribution is -2.18. The molecule has 6 heteroatoms. The molecular formula is C15H17N3O3. The number of nitrogens with one attached hydrogen (secondary N) is 1. The van der Waals surface area contributed by atoms with E-state index in [4.69, 9.17) is 4.74 Å². The molecule has 0 bridgehead atoms. The van der Waals surface area contributed by atoms with Crippen LogP contribution in [0.2, 0.25) is 0 Å². The summed E-state index contributed by atoms with van der Waals surface area (Å²) in [6.45, 7) is 2.55. The normalized spacial score (nSPS) is 11.9. The van der Waals surface area contributed by atoms with E-state index < -0.39 is 4.92 Å². The van der Waals surface area contributed by atoms with E-state index in [1.807, 2.05) is 25.1 Å². The molecule has 21 heavy (non-hydrogen) atoms. The van der Waals surface area contributed by atoms with Gasteiger partial charge in [0.05, 0.1) is 12.0 Å². The Kier molecular flexibility index (Phi) is 4.84. The highest BCUT2D eigenvalue weighted by Gasteiger charge is 2.15. The number of pyridine rings is 1. The number of aromatic nitrogens is 1. The van der Waals surface area contributed by atoms with Gasteiger partial charge in [-0.25, -0.2) is 0 Å². The van der Waals surface area contributed by atoms with Gasteiger partial charge in [0.25, 0.3) is 0 Å². The van der Waals surface area contributed by atoms with Crippen LogP contribution >= 0.6 is 0 Å². The molecule has 6 nitrogen and oxygen atoms in total. The maximum atomic E-state index is 11.0. The molecule has 2 rings (SSSR count). The largest absolute Gasteiger partial charge is 0.490 e. The van der Waals surface area contributed by atoms with Crippen molar-refractivity contribution in [3.05, 3.63) is 64.0 Å². The summed E-state index contributed by atoms with van der Waals surface area (Å²) in [6, 6.07) is 8.94. The summed E-state index contributed by atoms with van der Waals surface area (Å²) in [5.41, 5.74) is 1.88. The Labute approximate surface area is 122 Å². The predicted octanol–water partition coefficient (Wildman–Crippen LogP) is 2.85. The summed E-state index contributed by atoms with van der Waals surface area (Å²) in [5.74, 6) is 0.268. The van der Waals surface area contributed by atoms with Crippen molar-refractivity contribution in [3.8, 4) is 5.75 Å². The van der Waals surface area contributed by atoms with Crippen molar-refractivity contribution in [3.63, 3.8) is 0 Å². The molecule has 0 saturated heterocycles. The molecule has 0 aliphatic carbocycles. The molecule has 110 valence electrons. The van der Waals surface area contributed by atoms with Gasteiger partial charge in [-0.2, -0.15) is 0 Å². The topological polar surface area (TPSA) is 77.3 Å². The SMILES string of the molecule is COc1ccc(CN[C@H](C)c2cccnc2)cc1[N+](=O)[O-]. The maximum absolute atomic E-state index is 11.0. The highest BCUT2D eigenvalue weighted by molar-refractivity contribution is 5.48. The fourth-order valence-electron chi connectivity index (χ4n) is 2.01. The second-order valence-electron chi connectivity index (χ2n) is 4.65. The van der Waals surface area contributed by atoms with Crippen molar-refractivity contribution in [2.45, 2.75) is 19.5 Å². The number of ether oxygens (including phenoxy) is 1. The summed E-state index contributed by atoms with van der Waals surface area (Å²) < 4.78 is 4.99. The van der Waals surface area contributed by atoms with Crippen LogP contribution in [0.3, 0.4) is 0 Å². The first-order valence-corrected chi connectivity index (χ1v) is 6.56. The average Bonchev–Trinajstić information content (AvgIpc) is 2.53. The van der Waals surface area contributed by atoms with Gasteiger partial charge in [-0.15, -0.1) is 0 Å². The van der Waals surface area contributed by atoms with Crippen molar-refractivity contribution in [2.24, 2.45) is 0 Å². The lowest BCUT2D eigenvalue weighted by atomic mass is 10.1.